The third-order valence-electron chi connectivity index (χ3n) is 2.43. The molecule has 4 nitrogen and oxygen atoms in total. The zero-order valence-electron chi connectivity index (χ0n) is 12.6. The number of esters is 1. The second-order valence-electron chi connectivity index (χ2n) is 4.38. The molecule has 0 unspecified atom stereocenters. The normalized spacial score (nSPS) is 10.8. The predicted molar refractivity (Wildman–Crippen MR) is 83.2 cm³/mol. The number of ether oxygens (including phenoxy) is 3. The van der Waals surface area contributed by atoms with Crippen molar-refractivity contribution in [2.75, 3.05) is 13.7 Å². The predicted octanol–water partition coefficient (Wildman–Crippen LogP) is 3.74. The second kappa shape index (κ2) is 8.64. The lowest BCUT2D eigenvalue weighted by atomic mass is 10.2. The van der Waals surface area contributed by atoms with E-state index in [0.717, 1.165) is 11.1 Å². The molecular formula is C17H20O4. The van der Waals surface area contributed by atoms with E-state index in [1.165, 1.54) is 6.92 Å². The average Bonchev–Trinajstić information content (AvgIpc) is 2.44. The third-order valence-corrected chi connectivity index (χ3v) is 2.43. The fourth-order valence-corrected chi connectivity index (χ4v) is 1.46. The number of hydrogen-bond acceptors (Lipinski definition) is 4. The first-order valence-electron chi connectivity index (χ1n) is 6.49. The Morgan fingerprint density at radius 2 is 2.05 bits per heavy atom. The molecule has 0 aliphatic carbocycles. The molecule has 21 heavy (non-hydrogen) atoms. The molecule has 0 aliphatic rings. The van der Waals surface area contributed by atoms with Gasteiger partial charge in [-0.15, -0.1) is 0 Å². The smallest absolute Gasteiger partial charge is 0.302 e. The van der Waals surface area contributed by atoms with Gasteiger partial charge in [-0.1, -0.05) is 24.3 Å². The molecule has 0 bridgehead atoms. The lowest BCUT2D eigenvalue weighted by Crippen LogP contribution is -1.97. The van der Waals surface area contributed by atoms with E-state index in [4.69, 9.17) is 14.2 Å². The number of benzene rings is 1. The topological polar surface area (TPSA) is 44.8 Å². The Labute approximate surface area is 125 Å². The van der Waals surface area contributed by atoms with Crippen molar-refractivity contribution in [1.82, 2.24) is 0 Å². The van der Waals surface area contributed by atoms with Gasteiger partial charge < -0.3 is 14.2 Å². The van der Waals surface area contributed by atoms with Crippen molar-refractivity contribution >= 4 is 12.0 Å². The van der Waals surface area contributed by atoms with E-state index in [1.807, 2.05) is 31.2 Å². The Bertz CT molecular complexity index is 556. The van der Waals surface area contributed by atoms with Gasteiger partial charge in [0.25, 0.3) is 0 Å². The minimum Gasteiger partial charge on any atom is -0.493 e. The van der Waals surface area contributed by atoms with E-state index in [2.05, 4.69) is 6.58 Å². The summed E-state index contributed by atoms with van der Waals surface area (Å²) in [5.74, 6) is 0.938. The van der Waals surface area contributed by atoms with Crippen LogP contribution < -0.4 is 9.47 Å². The summed E-state index contributed by atoms with van der Waals surface area (Å²) in [7, 11) is 1.58. The van der Waals surface area contributed by atoms with Crippen molar-refractivity contribution < 1.29 is 19.0 Å². The Kier molecular flexibility index (Phi) is 6.81. The van der Waals surface area contributed by atoms with Gasteiger partial charge in [-0.25, -0.2) is 0 Å². The Morgan fingerprint density at radius 1 is 1.29 bits per heavy atom. The fraction of sp³-hybridized carbons (Fsp3) is 0.235. The van der Waals surface area contributed by atoms with Crippen LogP contribution in [-0.2, 0) is 9.53 Å². The zero-order chi connectivity index (χ0) is 15.7. The van der Waals surface area contributed by atoms with Crippen molar-refractivity contribution in [1.29, 1.82) is 0 Å². The number of carbonyl (C=O) groups is 1. The molecule has 0 aromatic heterocycles. The molecule has 1 aromatic rings. The summed E-state index contributed by atoms with van der Waals surface area (Å²) in [5.41, 5.74) is 1.83. The minimum absolute atomic E-state index is 0.247. The molecule has 1 aromatic carbocycles. The maximum absolute atomic E-state index is 10.6. The summed E-state index contributed by atoms with van der Waals surface area (Å²) in [5, 5.41) is 0. The van der Waals surface area contributed by atoms with Gasteiger partial charge in [-0.2, -0.15) is 0 Å². The molecule has 0 aliphatic heterocycles. The highest BCUT2D eigenvalue weighted by molar-refractivity contribution is 5.66. The Balaban J connectivity index is 2.73. The van der Waals surface area contributed by atoms with E-state index in [-0.39, 0.29) is 12.6 Å². The first kappa shape index (κ1) is 16.6. The maximum Gasteiger partial charge on any atom is 0.302 e. The van der Waals surface area contributed by atoms with Crippen molar-refractivity contribution in [2.45, 2.75) is 13.8 Å². The highest BCUT2D eigenvalue weighted by Gasteiger charge is 2.03. The van der Waals surface area contributed by atoms with Gasteiger partial charge in [-0.05, 0) is 36.8 Å². The summed E-state index contributed by atoms with van der Waals surface area (Å²) in [6, 6.07) is 5.54. The molecule has 0 heterocycles. The lowest BCUT2D eigenvalue weighted by Gasteiger charge is -2.08. The molecule has 4 heteroatoms. The van der Waals surface area contributed by atoms with Crippen molar-refractivity contribution in [3.63, 3.8) is 0 Å². The van der Waals surface area contributed by atoms with E-state index < -0.39 is 0 Å². The van der Waals surface area contributed by atoms with Gasteiger partial charge in [-0.3, -0.25) is 4.79 Å². The summed E-state index contributed by atoms with van der Waals surface area (Å²) in [4.78, 5) is 10.6. The summed E-state index contributed by atoms with van der Waals surface area (Å²) >= 11 is 0. The molecule has 0 amide bonds. The highest BCUT2D eigenvalue weighted by atomic mass is 16.5. The molecular weight excluding hydrogens is 268 g/mol. The number of methoxy groups -OCH3 is 1. The standard InChI is InChI=1S/C17H20O4/c1-13(2)9-11-21-16-8-7-15(12-17(16)19-4)6-5-10-20-14(3)18/h5-9,11-12H,1,10H2,2-4H3/b6-5+,11-9-. The van der Waals surface area contributed by atoms with Crippen LogP contribution in [0.15, 0.2) is 48.8 Å². The molecule has 0 spiro atoms. The van der Waals surface area contributed by atoms with E-state index in [9.17, 15) is 4.79 Å². The van der Waals surface area contributed by atoms with Crippen LogP contribution in [0.5, 0.6) is 11.5 Å². The summed E-state index contributed by atoms with van der Waals surface area (Å²) < 4.78 is 15.6. The molecule has 0 saturated carbocycles. The maximum atomic E-state index is 10.6. The number of carbonyl (C=O) groups excluding carboxylic acids is 1. The largest absolute Gasteiger partial charge is 0.493 e. The summed E-state index contributed by atoms with van der Waals surface area (Å²) in [6.07, 6.45) is 6.94. The number of rotatable bonds is 7. The highest BCUT2D eigenvalue weighted by Crippen LogP contribution is 2.28. The molecule has 0 saturated heterocycles. The first-order chi connectivity index (χ1) is 10.0. The van der Waals surface area contributed by atoms with Crippen molar-refractivity contribution in [3.05, 3.63) is 54.3 Å². The van der Waals surface area contributed by atoms with Gasteiger partial charge in [0, 0.05) is 6.92 Å². The Hall–Kier alpha value is -2.49. The van der Waals surface area contributed by atoms with Gasteiger partial charge in [0.05, 0.1) is 13.4 Å². The zero-order valence-corrected chi connectivity index (χ0v) is 12.6. The third kappa shape index (κ3) is 6.47. The lowest BCUT2D eigenvalue weighted by molar-refractivity contribution is -0.139. The average molecular weight is 288 g/mol. The van der Waals surface area contributed by atoms with Crippen LogP contribution in [0.4, 0.5) is 0 Å². The SMILES string of the molecule is C=C(C)/C=C\Oc1ccc(/C=C/COC(C)=O)cc1OC. The van der Waals surface area contributed by atoms with Crippen molar-refractivity contribution in [3.8, 4) is 11.5 Å². The van der Waals surface area contributed by atoms with Crippen LogP contribution in [0.1, 0.15) is 19.4 Å². The molecule has 0 fully saturated rings. The Morgan fingerprint density at radius 3 is 2.67 bits per heavy atom. The van der Waals surface area contributed by atoms with Crippen molar-refractivity contribution in [2.24, 2.45) is 0 Å². The van der Waals surface area contributed by atoms with Crippen LogP contribution in [0.3, 0.4) is 0 Å². The fourth-order valence-electron chi connectivity index (χ4n) is 1.46. The van der Waals surface area contributed by atoms with Gasteiger partial charge in [0.1, 0.15) is 6.61 Å². The minimum atomic E-state index is -0.301. The van der Waals surface area contributed by atoms with Crippen LogP contribution in [-0.4, -0.2) is 19.7 Å². The monoisotopic (exact) mass is 288 g/mol. The molecule has 0 atom stereocenters. The van der Waals surface area contributed by atoms with Crippen LogP contribution >= 0.6 is 0 Å². The van der Waals surface area contributed by atoms with Gasteiger partial charge in [0.15, 0.2) is 11.5 Å². The first-order valence-corrected chi connectivity index (χ1v) is 6.49. The quantitative estimate of drug-likeness (QED) is 0.435. The van der Waals surface area contributed by atoms with Crippen LogP contribution in [0.2, 0.25) is 0 Å². The second-order valence-corrected chi connectivity index (χ2v) is 4.38. The van der Waals surface area contributed by atoms with E-state index >= 15 is 0 Å². The summed E-state index contributed by atoms with van der Waals surface area (Å²) in [6.45, 7) is 7.26. The molecule has 112 valence electrons. The van der Waals surface area contributed by atoms with Gasteiger partial charge >= 0.3 is 5.97 Å². The van der Waals surface area contributed by atoms with Gasteiger partial charge in [0.2, 0.25) is 0 Å². The molecule has 1 rings (SSSR count). The van der Waals surface area contributed by atoms with Crippen LogP contribution in [0, 0.1) is 0 Å². The molecule has 0 N–H and O–H groups in total. The van der Waals surface area contributed by atoms with Crippen LogP contribution in [0.25, 0.3) is 6.08 Å². The van der Waals surface area contributed by atoms with E-state index in [1.54, 1.807) is 25.5 Å². The molecule has 0 radical (unpaired) electrons. The van der Waals surface area contributed by atoms with E-state index in [0.29, 0.717) is 11.5 Å². The number of allylic oxidation sites excluding steroid dienone is 2. The number of hydrogen-bond donors (Lipinski definition) is 0.